The third-order valence-electron chi connectivity index (χ3n) is 3.92. The predicted molar refractivity (Wildman–Crippen MR) is 101 cm³/mol. The molecule has 7 heteroatoms. The molecule has 0 radical (unpaired) electrons. The van der Waals surface area contributed by atoms with Crippen LogP contribution in [-0.4, -0.2) is 45.0 Å². The second-order valence-electron chi connectivity index (χ2n) is 6.32. The molecule has 0 aliphatic carbocycles. The zero-order valence-electron chi connectivity index (χ0n) is 15.2. The SMILES string of the molecule is Cc1ccc(C)c(NC(=O)CN(C)C(=O)c2ccc(S(C)(=O)=O)cc2)c1. The average Bonchev–Trinajstić information content (AvgIpc) is 2.56. The van der Waals surface area contributed by atoms with Crippen LogP contribution in [0.15, 0.2) is 47.4 Å². The van der Waals surface area contributed by atoms with E-state index in [0.717, 1.165) is 17.4 Å². The number of rotatable bonds is 5. The summed E-state index contributed by atoms with van der Waals surface area (Å²) in [6.07, 6.45) is 1.10. The fourth-order valence-electron chi connectivity index (χ4n) is 2.41. The third-order valence-corrected chi connectivity index (χ3v) is 5.05. The lowest BCUT2D eigenvalue weighted by molar-refractivity contribution is -0.116. The summed E-state index contributed by atoms with van der Waals surface area (Å²) >= 11 is 0. The van der Waals surface area contributed by atoms with Gasteiger partial charge < -0.3 is 10.2 Å². The van der Waals surface area contributed by atoms with E-state index in [-0.39, 0.29) is 23.3 Å². The van der Waals surface area contributed by atoms with Crippen LogP contribution in [0.2, 0.25) is 0 Å². The van der Waals surface area contributed by atoms with Crippen LogP contribution < -0.4 is 5.32 Å². The summed E-state index contributed by atoms with van der Waals surface area (Å²) in [6, 6.07) is 11.4. The Bertz CT molecular complexity index is 935. The van der Waals surface area contributed by atoms with Gasteiger partial charge >= 0.3 is 0 Å². The molecule has 0 aliphatic rings. The van der Waals surface area contributed by atoms with E-state index in [9.17, 15) is 18.0 Å². The Hall–Kier alpha value is -2.67. The van der Waals surface area contributed by atoms with E-state index in [1.807, 2.05) is 32.0 Å². The van der Waals surface area contributed by atoms with E-state index in [4.69, 9.17) is 0 Å². The predicted octanol–water partition coefficient (Wildman–Crippen LogP) is 2.42. The minimum absolute atomic E-state index is 0.111. The highest BCUT2D eigenvalue weighted by molar-refractivity contribution is 7.90. The molecule has 2 rings (SSSR count). The van der Waals surface area contributed by atoms with Crippen molar-refractivity contribution in [2.45, 2.75) is 18.7 Å². The summed E-state index contributed by atoms with van der Waals surface area (Å²) in [4.78, 5) is 26.1. The molecule has 0 heterocycles. The first kappa shape index (κ1) is 19.7. The first-order valence-electron chi connectivity index (χ1n) is 8.00. The van der Waals surface area contributed by atoms with Gasteiger partial charge in [0.15, 0.2) is 9.84 Å². The van der Waals surface area contributed by atoms with Crippen LogP contribution in [0.4, 0.5) is 5.69 Å². The molecule has 2 aromatic carbocycles. The third kappa shape index (κ3) is 4.92. The fraction of sp³-hybridized carbons (Fsp3) is 0.263. The lowest BCUT2D eigenvalue weighted by Gasteiger charge is -2.17. The summed E-state index contributed by atoms with van der Waals surface area (Å²) < 4.78 is 22.9. The lowest BCUT2D eigenvalue weighted by atomic mass is 10.1. The van der Waals surface area contributed by atoms with Crippen molar-refractivity contribution in [1.29, 1.82) is 0 Å². The molecule has 2 amide bonds. The zero-order valence-corrected chi connectivity index (χ0v) is 16.1. The van der Waals surface area contributed by atoms with Gasteiger partial charge in [-0.05, 0) is 55.3 Å². The van der Waals surface area contributed by atoms with Crippen LogP contribution in [0.1, 0.15) is 21.5 Å². The molecule has 0 unspecified atom stereocenters. The molecule has 138 valence electrons. The van der Waals surface area contributed by atoms with E-state index >= 15 is 0 Å². The van der Waals surface area contributed by atoms with Crippen LogP contribution in [0.25, 0.3) is 0 Å². The van der Waals surface area contributed by atoms with Crippen molar-refractivity contribution in [1.82, 2.24) is 4.90 Å². The van der Waals surface area contributed by atoms with E-state index in [1.54, 1.807) is 0 Å². The van der Waals surface area contributed by atoms with Gasteiger partial charge in [0.2, 0.25) is 5.91 Å². The first-order valence-corrected chi connectivity index (χ1v) is 9.90. The molecule has 0 bridgehead atoms. The summed E-state index contributed by atoms with van der Waals surface area (Å²) in [6.45, 7) is 3.72. The maximum atomic E-state index is 12.4. The molecule has 26 heavy (non-hydrogen) atoms. The number of likely N-dealkylation sites (N-methyl/N-ethyl adjacent to an activating group) is 1. The molecule has 0 saturated heterocycles. The molecule has 0 spiro atoms. The second kappa shape index (κ2) is 7.70. The minimum atomic E-state index is -3.32. The molecule has 6 nitrogen and oxygen atoms in total. The van der Waals surface area contributed by atoms with E-state index in [1.165, 1.54) is 36.2 Å². The topological polar surface area (TPSA) is 83.6 Å². The van der Waals surface area contributed by atoms with Gasteiger partial charge in [0.25, 0.3) is 5.91 Å². The molecule has 0 aliphatic heterocycles. The van der Waals surface area contributed by atoms with E-state index in [2.05, 4.69) is 5.32 Å². The van der Waals surface area contributed by atoms with Crippen LogP contribution in [0, 0.1) is 13.8 Å². The van der Waals surface area contributed by atoms with Crippen LogP contribution in [0.5, 0.6) is 0 Å². The lowest BCUT2D eigenvalue weighted by Crippen LogP contribution is -2.35. The van der Waals surface area contributed by atoms with Crippen LogP contribution in [0.3, 0.4) is 0 Å². The number of nitrogens with one attached hydrogen (secondary N) is 1. The average molecular weight is 374 g/mol. The first-order chi connectivity index (χ1) is 12.1. The van der Waals surface area contributed by atoms with Crippen molar-refractivity contribution in [2.75, 3.05) is 25.2 Å². The number of carbonyl (C=O) groups excluding carboxylic acids is 2. The van der Waals surface area contributed by atoms with E-state index < -0.39 is 9.84 Å². The van der Waals surface area contributed by atoms with Gasteiger partial charge in [0.05, 0.1) is 11.4 Å². The van der Waals surface area contributed by atoms with Gasteiger partial charge in [0, 0.05) is 24.6 Å². The van der Waals surface area contributed by atoms with Crippen molar-refractivity contribution in [3.63, 3.8) is 0 Å². The van der Waals surface area contributed by atoms with Crippen molar-refractivity contribution in [2.24, 2.45) is 0 Å². The van der Waals surface area contributed by atoms with Gasteiger partial charge in [-0.1, -0.05) is 12.1 Å². The highest BCUT2D eigenvalue weighted by Crippen LogP contribution is 2.16. The number of sulfone groups is 1. The van der Waals surface area contributed by atoms with Gasteiger partial charge in [0.1, 0.15) is 0 Å². The quantitative estimate of drug-likeness (QED) is 0.871. The van der Waals surface area contributed by atoms with Gasteiger partial charge in [-0.25, -0.2) is 8.42 Å². The fourth-order valence-corrected chi connectivity index (χ4v) is 3.04. The smallest absolute Gasteiger partial charge is 0.254 e. The summed E-state index contributed by atoms with van der Waals surface area (Å²) in [5, 5.41) is 2.81. The summed E-state index contributed by atoms with van der Waals surface area (Å²) in [7, 11) is -1.79. The minimum Gasteiger partial charge on any atom is -0.332 e. The van der Waals surface area contributed by atoms with Gasteiger partial charge in [-0.2, -0.15) is 0 Å². The number of hydrogen-bond acceptors (Lipinski definition) is 4. The zero-order chi connectivity index (χ0) is 19.5. The molecule has 0 saturated carbocycles. The highest BCUT2D eigenvalue weighted by Gasteiger charge is 2.16. The van der Waals surface area contributed by atoms with E-state index in [0.29, 0.717) is 11.3 Å². The monoisotopic (exact) mass is 374 g/mol. The number of anilines is 1. The molecule has 2 aromatic rings. The number of hydrogen-bond donors (Lipinski definition) is 1. The largest absolute Gasteiger partial charge is 0.332 e. The Kier molecular flexibility index (Phi) is 5.82. The maximum Gasteiger partial charge on any atom is 0.254 e. The number of benzene rings is 2. The summed E-state index contributed by atoms with van der Waals surface area (Å²) in [5.74, 6) is -0.663. The Morgan fingerprint density at radius 1 is 1.04 bits per heavy atom. The van der Waals surface area contributed by atoms with Crippen LogP contribution >= 0.6 is 0 Å². The molecule has 0 aromatic heterocycles. The highest BCUT2D eigenvalue weighted by atomic mass is 32.2. The van der Waals surface area contributed by atoms with Crippen LogP contribution in [-0.2, 0) is 14.6 Å². The number of aryl methyl sites for hydroxylation is 2. The molecule has 0 fully saturated rings. The van der Waals surface area contributed by atoms with Gasteiger partial charge in [-0.3, -0.25) is 9.59 Å². The molecule has 1 N–H and O–H groups in total. The molecular weight excluding hydrogens is 352 g/mol. The Morgan fingerprint density at radius 3 is 2.23 bits per heavy atom. The molecular formula is C19H22N2O4S. The van der Waals surface area contributed by atoms with Crippen molar-refractivity contribution >= 4 is 27.3 Å². The number of nitrogens with zero attached hydrogens (tertiary/aromatic N) is 1. The summed E-state index contributed by atoms with van der Waals surface area (Å²) in [5.41, 5.74) is 3.00. The van der Waals surface area contributed by atoms with Crippen molar-refractivity contribution < 1.29 is 18.0 Å². The Labute approximate surface area is 153 Å². The normalized spacial score (nSPS) is 11.1. The molecule has 0 atom stereocenters. The number of amides is 2. The van der Waals surface area contributed by atoms with Crippen molar-refractivity contribution in [3.8, 4) is 0 Å². The van der Waals surface area contributed by atoms with Crippen molar-refractivity contribution in [3.05, 3.63) is 59.2 Å². The Morgan fingerprint density at radius 2 is 1.65 bits per heavy atom. The maximum absolute atomic E-state index is 12.4. The second-order valence-corrected chi connectivity index (χ2v) is 8.34. The number of carbonyl (C=O) groups is 2. The van der Waals surface area contributed by atoms with Gasteiger partial charge in [-0.15, -0.1) is 0 Å². The standard InChI is InChI=1S/C19H22N2O4S/c1-13-5-6-14(2)17(11-13)20-18(22)12-21(3)19(23)15-7-9-16(10-8-15)26(4,24)25/h5-11H,12H2,1-4H3,(H,20,22). The Balaban J connectivity index is 2.04.